The molecule has 20 heavy (non-hydrogen) atoms. The summed E-state index contributed by atoms with van der Waals surface area (Å²) in [4.78, 5) is 26.9. The minimum absolute atomic E-state index is 0.0813. The molecule has 0 spiro atoms. The summed E-state index contributed by atoms with van der Waals surface area (Å²) in [5.41, 5.74) is -0.260. The van der Waals surface area contributed by atoms with Crippen molar-refractivity contribution in [3.8, 4) is 11.4 Å². The Labute approximate surface area is 128 Å². The fourth-order valence-electron chi connectivity index (χ4n) is 1.86. The van der Waals surface area contributed by atoms with E-state index in [-0.39, 0.29) is 5.15 Å². The average molecular weight is 360 g/mol. The van der Waals surface area contributed by atoms with Crippen molar-refractivity contribution in [3.63, 3.8) is 0 Å². The maximum atomic E-state index is 12.4. The standard InChI is InChI=1S/C13H12BrClN2O3/c1-3-8-11(15)16-13(19)17(12(8)18)10-6-7(20-2)4-5-9(10)14/h4-6H,3H2,1-2H3,(H,16,19). The first-order chi connectivity index (χ1) is 9.49. The van der Waals surface area contributed by atoms with Gasteiger partial charge in [-0.2, -0.15) is 0 Å². The summed E-state index contributed by atoms with van der Waals surface area (Å²) in [5.74, 6) is 0.544. The molecular weight excluding hydrogens is 348 g/mol. The van der Waals surface area contributed by atoms with Crippen LogP contribution < -0.4 is 16.0 Å². The van der Waals surface area contributed by atoms with E-state index in [0.717, 1.165) is 4.57 Å². The van der Waals surface area contributed by atoms with Crippen molar-refractivity contribution < 1.29 is 4.74 Å². The van der Waals surface area contributed by atoms with Crippen LogP contribution in [0.5, 0.6) is 5.75 Å². The Morgan fingerprint density at radius 1 is 1.40 bits per heavy atom. The number of aromatic amines is 1. The van der Waals surface area contributed by atoms with Crippen LogP contribution in [-0.4, -0.2) is 16.7 Å². The molecule has 5 nitrogen and oxygen atoms in total. The summed E-state index contributed by atoms with van der Waals surface area (Å²) in [6.07, 6.45) is 0.427. The second-order valence-electron chi connectivity index (χ2n) is 4.03. The van der Waals surface area contributed by atoms with E-state index in [9.17, 15) is 9.59 Å². The van der Waals surface area contributed by atoms with Gasteiger partial charge in [-0.1, -0.05) is 18.5 Å². The maximum absolute atomic E-state index is 12.4. The van der Waals surface area contributed by atoms with Gasteiger partial charge < -0.3 is 4.74 Å². The van der Waals surface area contributed by atoms with Gasteiger partial charge in [-0.25, -0.2) is 9.36 Å². The number of rotatable bonds is 3. The fraction of sp³-hybridized carbons (Fsp3) is 0.231. The first-order valence-electron chi connectivity index (χ1n) is 5.87. The summed E-state index contributed by atoms with van der Waals surface area (Å²) < 4.78 is 6.76. The van der Waals surface area contributed by atoms with E-state index < -0.39 is 11.2 Å². The van der Waals surface area contributed by atoms with Crippen LogP contribution in [0.4, 0.5) is 0 Å². The molecule has 1 heterocycles. The van der Waals surface area contributed by atoms with Crippen molar-refractivity contribution in [1.82, 2.24) is 9.55 Å². The molecule has 0 aliphatic carbocycles. The average Bonchev–Trinajstić information content (AvgIpc) is 2.40. The highest BCUT2D eigenvalue weighted by atomic mass is 79.9. The highest BCUT2D eigenvalue weighted by Crippen LogP contribution is 2.24. The third-order valence-electron chi connectivity index (χ3n) is 2.89. The van der Waals surface area contributed by atoms with Crippen molar-refractivity contribution >= 4 is 27.5 Å². The number of aromatic nitrogens is 2. The van der Waals surface area contributed by atoms with Crippen molar-refractivity contribution in [2.24, 2.45) is 0 Å². The Morgan fingerprint density at radius 2 is 2.10 bits per heavy atom. The molecule has 0 aliphatic rings. The van der Waals surface area contributed by atoms with Crippen molar-refractivity contribution in [2.45, 2.75) is 13.3 Å². The van der Waals surface area contributed by atoms with Gasteiger partial charge in [0.2, 0.25) is 0 Å². The van der Waals surface area contributed by atoms with Gasteiger partial charge in [0.25, 0.3) is 5.56 Å². The van der Waals surface area contributed by atoms with E-state index in [0.29, 0.717) is 27.9 Å². The maximum Gasteiger partial charge on any atom is 0.334 e. The number of H-pyrrole nitrogens is 1. The topological polar surface area (TPSA) is 64.1 Å². The normalized spacial score (nSPS) is 10.6. The van der Waals surface area contributed by atoms with E-state index in [2.05, 4.69) is 20.9 Å². The number of hydrogen-bond donors (Lipinski definition) is 1. The van der Waals surface area contributed by atoms with Crippen LogP contribution in [0, 0.1) is 0 Å². The molecule has 0 bridgehead atoms. The smallest absolute Gasteiger partial charge is 0.334 e. The second kappa shape index (κ2) is 5.85. The van der Waals surface area contributed by atoms with E-state index in [1.54, 1.807) is 25.1 Å². The lowest BCUT2D eigenvalue weighted by molar-refractivity contribution is 0.414. The van der Waals surface area contributed by atoms with Gasteiger partial charge in [0.05, 0.1) is 18.4 Å². The molecule has 0 fully saturated rings. The zero-order valence-electron chi connectivity index (χ0n) is 10.9. The molecule has 0 aliphatic heterocycles. The number of nitrogens with one attached hydrogen (secondary N) is 1. The summed E-state index contributed by atoms with van der Waals surface area (Å²) in [5, 5.41) is 0.0813. The van der Waals surface area contributed by atoms with Crippen molar-refractivity contribution in [2.75, 3.05) is 7.11 Å². The number of halogens is 2. The predicted molar refractivity (Wildman–Crippen MR) is 81.3 cm³/mol. The summed E-state index contributed by atoms with van der Waals surface area (Å²) in [6, 6.07) is 5.04. The summed E-state index contributed by atoms with van der Waals surface area (Å²) >= 11 is 9.22. The van der Waals surface area contributed by atoms with E-state index in [1.165, 1.54) is 7.11 Å². The molecule has 1 aromatic heterocycles. The van der Waals surface area contributed by atoms with Crippen LogP contribution in [-0.2, 0) is 6.42 Å². The molecule has 1 aromatic carbocycles. The Morgan fingerprint density at radius 3 is 2.70 bits per heavy atom. The van der Waals surface area contributed by atoms with Crippen molar-refractivity contribution in [1.29, 1.82) is 0 Å². The van der Waals surface area contributed by atoms with E-state index >= 15 is 0 Å². The quantitative estimate of drug-likeness (QED) is 0.857. The number of methoxy groups -OCH3 is 1. The fourth-order valence-corrected chi connectivity index (χ4v) is 2.58. The third-order valence-corrected chi connectivity index (χ3v) is 3.89. The molecule has 0 unspecified atom stereocenters. The van der Waals surface area contributed by atoms with Gasteiger partial charge in [-0.15, -0.1) is 0 Å². The summed E-state index contributed by atoms with van der Waals surface area (Å²) in [7, 11) is 1.51. The number of benzene rings is 1. The van der Waals surface area contributed by atoms with Gasteiger partial charge in [0.1, 0.15) is 10.9 Å². The lowest BCUT2D eigenvalue weighted by atomic mass is 10.2. The summed E-state index contributed by atoms with van der Waals surface area (Å²) in [6.45, 7) is 1.80. The minimum Gasteiger partial charge on any atom is -0.497 e. The predicted octanol–water partition coefficient (Wildman–Crippen LogP) is 2.51. The molecule has 7 heteroatoms. The van der Waals surface area contributed by atoms with Gasteiger partial charge in [0, 0.05) is 10.5 Å². The molecule has 0 amide bonds. The molecule has 106 valence electrons. The van der Waals surface area contributed by atoms with Crippen molar-refractivity contribution in [3.05, 3.63) is 54.2 Å². The number of hydrogen-bond acceptors (Lipinski definition) is 3. The highest BCUT2D eigenvalue weighted by molar-refractivity contribution is 9.10. The second-order valence-corrected chi connectivity index (χ2v) is 5.27. The van der Waals surface area contributed by atoms with Crippen LogP contribution in [0.1, 0.15) is 12.5 Å². The van der Waals surface area contributed by atoms with Crippen LogP contribution in [0.2, 0.25) is 5.15 Å². The Kier molecular flexibility index (Phi) is 4.35. The first-order valence-corrected chi connectivity index (χ1v) is 7.04. The SMILES string of the molecule is CCc1c(Cl)[nH]c(=O)n(-c2cc(OC)ccc2Br)c1=O. The minimum atomic E-state index is -0.592. The molecule has 2 aromatic rings. The molecule has 0 saturated heterocycles. The van der Waals surface area contributed by atoms with Crippen LogP contribution in [0.3, 0.4) is 0 Å². The van der Waals surface area contributed by atoms with Gasteiger partial charge in [0.15, 0.2) is 0 Å². The van der Waals surface area contributed by atoms with Gasteiger partial charge in [-0.05, 0) is 34.5 Å². The highest BCUT2D eigenvalue weighted by Gasteiger charge is 2.15. The largest absolute Gasteiger partial charge is 0.497 e. The number of nitrogens with zero attached hydrogens (tertiary/aromatic N) is 1. The Bertz CT molecular complexity index is 767. The van der Waals surface area contributed by atoms with Crippen LogP contribution in [0.15, 0.2) is 32.3 Å². The third kappa shape index (κ3) is 2.53. The molecule has 0 saturated carbocycles. The van der Waals surface area contributed by atoms with E-state index in [1.807, 2.05) is 0 Å². The van der Waals surface area contributed by atoms with E-state index in [4.69, 9.17) is 16.3 Å². The molecule has 2 rings (SSSR count). The van der Waals surface area contributed by atoms with Gasteiger partial charge >= 0.3 is 5.69 Å². The van der Waals surface area contributed by atoms with Crippen LogP contribution in [0.25, 0.3) is 5.69 Å². The zero-order valence-corrected chi connectivity index (χ0v) is 13.2. The molecular formula is C13H12BrClN2O3. The lowest BCUT2D eigenvalue weighted by Crippen LogP contribution is -2.36. The van der Waals surface area contributed by atoms with Crippen LogP contribution >= 0.6 is 27.5 Å². The first kappa shape index (κ1) is 14.9. The Hall–Kier alpha value is -1.53. The Balaban J connectivity index is 2.83. The zero-order chi connectivity index (χ0) is 14.9. The molecule has 1 N–H and O–H groups in total. The lowest BCUT2D eigenvalue weighted by Gasteiger charge is -2.11. The molecule has 0 radical (unpaired) electrons. The van der Waals surface area contributed by atoms with Gasteiger partial charge in [-0.3, -0.25) is 9.78 Å². The monoisotopic (exact) mass is 358 g/mol. The number of ether oxygens (including phenoxy) is 1. The molecule has 0 atom stereocenters.